The van der Waals surface area contributed by atoms with E-state index in [0.717, 1.165) is 11.3 Å². The number of rotatable bonds is 5. The molecule has 116 valence electrons. The Bertz CT molecular complexity index is 782. The number of aromatic nitrogens is 1. The van der Waals surface area contributed by atoms with Crippen LogP contribution >= 0.6 is 11.3 Å². The molecule has 0 bridgehead atoms. The van der Waals surface area contributed by atoms with Crippen molar-refractivity contribution in [1.82, 2.24) is 10.3 Å². The summed E-state index contributed by atoms with van der Waals surface area (Å²) in [7, 11) is 0. The van der Waals surface area contributed by atoms with Crippen LogP contribution in [-0.2, 0) is 6.54 Å². The maximum absolute atomic E-state index is 12.2. The van der Waals surface area contributed by atoms with Crippen molar-refractivity contribution in [2.75, 3.05) is 5.32 Å². The number of amides is 1. The Labute approximate surface area is 139 Å². The van der Waals surface area contributed by atoms with Gasteiger partial charge in [0.15, 0.2) is 5.13 Å². The van der Waals surface area contributed by atoms with Gasteiger partial charge in [-0.25, -0.2) is 4.98 Å². The summed E-state index contributed by atoms with van der Waals surface area (Å²) in [6.07, 6.45) is 0. The zero-order valence-electron chi connectivity index (χ0n) is 12.7. The van der Waals surface area contributed by atoms with E-state index in [1.165, 1.54) is 16.9 Å². The van der Waals surface area contributed by atoms with E-state index in [4.69, 9.17) is 0 Å². The topological polar surface area (TPSA) is 54.0 Å². The number of hydrogen-bond acceptors (Lipinski definition) is 4. The maximum Gasteiger partial charge on any atom is 0.271 e. The summed E-state index contributed by atoms with van der Waals surface area (Å²) in [5, 5.41) is 8.54. The molecule has 3 rings (SSSR count). The van der Waals surface area contributed by atoms with Crippen molar-refractivity contribution >= 4 is 28.1 Å². The summed E-state index contributed by atoms with van der Waals surface area (Å²) < 4.78 is 0. The molecule has 0 radical (unpaired) electrons. The molecule has 0 aliphatic carbocycles. The lowest BCUT2D eigenvalue weighted by Crippen LogP contribution is -2.23. The van der Waals surface area contributed by atoms with Crippen LogP contribution in [0.3, 0.4) is 0 Å². The largest absolute Gasteiger partial charge is 0.347 e. The van der Waals surface area contributed by atoms with Gasteiger partial charge in [-0.05, 0) is 24.6 Å². The fourth-order valence-electron chi connectivity index (χ4n) is 2.06. The average Bonchev–Trinajstić information content (AvgIpc) is 3.03. The second kappa shape index (κ2) is 7.07. The molecule has 23 heavy (non-hydrogen) atoms. The monoisotopic (exact) mass is 323 g/mol. The highest BCUT2D eigenvalue weighted by Gasteiger charge is 2.10. The van der Waals surface area contributed by atoms with E-state index in [1.807, 2.05) is 61.5 Å². The summed E-state index contributed by atoms with van der Waals surface area (Å²) in [6.45, 7) is 2.54. The molecule has 0 aliphatic heterocycles. The van der Waals surface area contributed by atoms with Gasteiger partial charge in [0, 0.05) is 17.6 Å². The first-order valence-corrected chi connectivity index (χ1v) is 8.20. The number of carbonyl (C=O) groups excluding carboxylic acids is 1. The molecule has 3 aromatic rings. The van der Waals surface area contributed by atoms with Crippen LogP contribution in [0.25, 0.3) is 0 Å². The molecule has 2 aromatic carbocycles. The molecule has 0 spiro atoms. The van der Waals surface area contributed by atoms with Gasteiger partial charge >= 0.3 is 0 Å². The van der Waals surface area contributed by atoms with Gasteiger partial charge in [0.25, 0.3) is 5.91 Å². The van der Waals surface area contributed by atoms with Gasteiger partial charge in [-0.15, -0.1) is 11.3 Å². The molecule has 1 aromatic heterocycles. The number of benzene rings is 2. The lowest BCUT2D eigenvalue weighted by Gasteiger charge is -2.04. The van der Waals surface area contributed by atoms with E-state index in [0.29, 0.717) is 17.4 Å². The van der Waals surface area contributed by atoms with Gasteiger partial charge in [0.2, 0.25) is 0 Å². The molecule has 0 unspecified atom stereocenters. The van der Waals surface area contributed by atoms with E-state index in [2.05, 4.69) is 15.6 Å². The van der Waals surface area contributed by atoms with Crippen LogP contribution in [0.2, 0.25) is 0 Å². The Kier molecular flexibility index (Phi) is 4.68. The van der Waals surface area contributed by atoms with Gasteiger partial charge in [0.1, 0.15) is 5.69 Å². The summed E-state index contributed by atoms with van der Waals surface area (Å²) in [5.74, 6) is -0.164. The number of nitrogens with zero attached hydrogens (tertiary/aromatic N) is 1. The minimum absolute atomic E-state index is 0.164. The van der Waals surface area contributed by atoms with Gasteiger partial charge in [-0.3, -0.25) is 4.79 Å². The molecule has 0 atom stereocenters. The van der Waals surface area contributed by atoms with Crippen molar-refractivity contribution in [3.8, 4) is 0 Å². The number of hydrogen-bond donors (Lipinski definition) is 2. The molecule has 5 heteroatoms. The summed E-state index contributed by atoms with van der Waals surface area (Å²) >= 11 is 1.41. The van der Waals surface area contributed by atoms with Gasteiger partial charge in [0.05, 0.1) is 0 Å². The number of aryl methyl sites for hydroxylation is 1. The molecule has 2 N–H and O–H groups in total. The third kappa shape index (κ3) is 4.17. The molecular formula is C18H17N3OS. The number of anilines is 2. The van der Waals surface area contributed by atoms with E-state index >= 15 is 0 Å². The number of thiazole rings is 1. The van der Waals surface area contributed by atoms with Crippen molar-refractivity contribution < 1.29 is 4.79 Å². The summed E-state index contributed by atoms with van der Waals surface area (Å²) in [6, 6.07) is 17.9. The Morgan fingerprint density at radius 3 is 2.57 bits per heavy atom. The Balaban J connectivity index is 1.59. The van der Waals surface area contributed by atoms with Gasteiger partial charge in [-0.1, -0.05) is 48.0 Å². The smallest absolute Gasteiger partial charge is 0.271 e. The molecule has 1 heterocycles. The minimum Gasteiger partial charge on any atom is -0.347 e. The number of carbonyl (C=O) groups is 1. The van der Waals surface area contributed by atoms with Crippen molar-refractivity contribution in [1.29, 1.82) is 0 Å². The quantitative estimate of drug-likeness (QED) is 0.742. The maximum atomic E-state index is 12.2. The normalized spacial score (nSPS) is 10.3. The SMILES string of the molecule is Cc1ccc(CNC(=O)c2csc(Nc3ccccc3)n2)cc1. The minimum atomic E-state index is -0.164. The Morgan fingerprint density at radius 2 is 1.83 bits per heavy atom. The fraction of sp³-hybridized carbons (Fsp3) is 0.111. The summed E-state index contributed by atoms with van der Waals surface area (Å²) in [5.41, 5.74) is 3.66. The molecular weight excluding hydrogens is 306 g/mol. The second-order valence-corrected chi connectivity index (χ2v) is 6.06. The van der Waals surface area contributed by atoms with Crippen LogP contribution < -0.4 is 10.6 Å². The lowest BCUT2D eigenvalue weighted by atomic mass is 10.1. The molecule has 0 aliphatic rings. The molecule has 0 saturated carbocycles. The van der Waals surface area contributed by atoms with Crippen LogP contribution in [0.1, 0.15) is 21.6 Å². The average molecular weight is 323 g/mol. The third-order valence-corrected chi connectivity index (χ3v) is 4.09. The number of nitrogens with one attached hydrogen (secondary N) is 2. The van der Waals surface area contributed by atoms with E-state index in [-0.39, 0.29) is 5.91 Å². The predicted octanol–water partition coefficient (Wildman–Crippen LogP) is 4.13. The van der Waals surface area contributed by atoms with Crippen LogP contribution in [0.5, 0.6) is 0 Å². The fourth-order valence-corrected chi connectivity index (χ4v) is 2.77. The standard InChI is InChI=1S/C18H17N3OS/c1-13-7-9-14(10-8-13)11-19-17(22)16-12-23-18(21-16)20-15-5-3-2-4-6-15/h2-10,12H,11H2,1H3,(H,19,22)(H,20,21). The number of para-hydroxylation sites is 1. The van der Waals surface area contributed by atoms with Crippen molar-refractivity contribution in [2.24, 2.45) is 0 Å². The van der Waals surface area contributed by atoms with E-state index in [9.17, 15) is 4.79 Å². The first kappa shape index (κ1) is 15.2. The first-order valence-electron chi connectivity index (χ1n) is 7.32. The second-order valence-electron chi connectivity index (χ2n) is 5.20. The Morgan fingerprint density at radius 1 is 1.09 bits per heavy atom. The molecule has 0 fully saturated rings. The first-order chi connectivity index (χ1) is 11.2. The molecule has 1 amide bonds. The third-order valence-electron chi connectivity index (χ3n) is 3.34. The highest BCUT2D eigenvalue weighted by molar-refractivity contribution is 7.14. The van der Waals surface area contributed by atoms with Crippen LogP contribution in [0.15, 0.2) is 60.0 Å². The Hall–Kier alpha value is -2.66. The lowest BCUT2D eigenvalue weighted by molar-refractivity contribution is 0.0946. The van der Waals surface area contributed by atoms with E-state index in [1.54, 1.807) is 5.38 Å². The molecule has 0 saturated heterocycles. The highest BCUT2D eigenvalue weighted by atomic mass is 32.1. The van der Waals surface area contributed by atoms with Crippen LogP contribution in [0, 0.1) is 6.92 Å². The zero-order valence-corrected chi connectivity index (χ0v) is 13.6. The van der Waals surface area contributed by atoms with Crippen molar-refractivity contribution in [3.63, 3.8) is 0 Å². The summed E-state index contributed by atoms with van der Waals surface area (Å²) in [4.78, 5) is 16.5. The predicted molar refractivity (Wildman–Crippen MR) is 94.2 cm³/mol. The van der Waals surface area contributed by atoms with Crippen LogP contribution in [0.4, 0.5) is 10.8 Å². The van der Waals surface area contributed by atoms with Crippen LogP contribution in [-0.4, -0.2) is 10.9 Å². The van der Waals surface area contributed by atoms with Crippen molar-refractivity contribution in [3.05, 3.63) is 76.8 Å². The highest BCUT2D eigenvalue weighted by Crippen LogP contribution is 2.20. The molecule has 4 nitrogen and oxygen atoms in total. The van der Waals surface area contributed by atoms with Gasteiger partial charge in [-0.2, -0.15) is 0 Å². The zero-order chi connectivity index (χ0) is 16.1. The van der Waals surface area contributed by atoms with Crippen molar-refractivity contribution in [2.45, 2.75) is 13.5 Å². The van der Waals surface area contributed by atoms with Gasteiger partial charge < -0.3 is 10.6 Å². The van der Waals surface area contributed by atoms with E-state index < -0.39 is 0 Å².